The molecule has 0 aromatic carbocycles. The van der Waals surface area contributed by atoms with Crippen LogP contribution in [-0.2, 0) is 21.2 Å². The first-order valence-electron chi connectivity index (χ1n) is 9.68. The van der Waals surface area contributed by atoms with Crippen molar-refractivity contribution in [1.29, 1.82) is 0 Å². The zero-order chi connectivity index (χ0) is 19.6. The normalized spacial score (nSPS) is 24.8. The van der Waals surface area contributed by atoms with Gasteiger partial charge in [0, 0.05) is 44.8 Å². The Morgan fingerprint density at radius 1 is 1.37 bits per heavy atom. The summed E-state index contributed by atoms with van der Waals surface area (Å²) in [6, 6.07) is 1.54. The smallest absolute Gasteiger partial charge is 0.239 e. The van der Waals surface area contributed by atoms with Crippen molar-refractivity contribution in [3.8, 4) is 0 Å². The van der Waals surface area contributed by atoms with Gasteiger partial charge in [-0.25, -0.2) is 8.42 Å². The molecule has 2 saturated heterocycles. The lowest BCUT2D eigenvalue weighted by Crippen LogP contribution is -2.56. The van der Waals surface area contributed by atoms with Crippen LogP contribution < -0.4 is 0 Å². The van der Waals surface area contributed by atoms with E-state index < -0.39 is 9.84 Å². The van der Waals surface area contributed by atoms with E-state index in [-0.39, 0.29) is 29.5 Å². The van der Waals surface area contributed by atoms with Gasteiger partial charge in [-0.05, 0) is 27.2 Å². The Bertz CT molecular complexity index is 755. The molecule has 9 heteroatoms. The van der Waals surface area contributed by atoms with Crippen molar-refractivity contribution in [3.05, 3.63) is 17.5 Å². The predicted octanol–water partition coefficient (Wildman–Crippen LogP) is 0.525. The van der Waals surface area contributed by atoms with Crippen molar-refractivity contribution in [2.45, 2.75) is 45.8 Å². The molecule has 1 aromatic rings. The number of aromatic nitrogens is 1. The van der Waals surface area contributed by atoms with Gasteiger partial charge in [0.2, 0.25) is 5.91 Å². The molecule has 3 rings (SSSR count). The number of hydrogen-bond acceptors (Lipinski definition) is 7. The number of piperazine rings is 1. The lowest BCUT2D eigenvalue weighted by atomic mass is 10.1. The molecule has 2 aliphatic heterocycles. The fourth-order valence-electron chi connectivity index (χ4n) is 4.03. The number of likely N-dealkylation sites (N-methyl/N-ethyl adjacent to an activating group) is 1. The van der Waals surface area contributed by atoms with E-state index in [1.807, 2.05) is 26.8 Å². The quantitative estimate of drug-likeness (QED) is 0.691. The first kappa shape index (κ1) is 20.3. The second-order valence-corrected chi connectivity index (χ2v) is 9.83. The average molecular weight is 399 g/mol. The zero-order valence-electron chi connectivity index (χ0n) is 16.4. The van der Waals surface area contributed by atoms with Gasteiger partial charge in [0.05, 0.1) is 29.8 Å². The van der Waals surface area contributed by atoms with Crippen LogP contribution in [-0.4, -0.2) is 90.5 Å². The number of rotatable bonds is 6. The maximum atomic E-state index is 13.0. The monoisotopic (exact) mass is 398 g/mol. The number of sulfone groups is 1. The maximum absolute atomic E-state index is 13.0. The van der Waals surface area contributed by atoms with E-state index in [1.165, 1.54) is 0 Å². The van der Waals surface area contributed by atoms with Crippen LogP contribution in [0.15, 0.2) is 10.6 Å². The van der Waals surface area contributed by atoms with Crippen LogP contribution in [0.4, 0.5) is 0 Å². The lowest BCUT2D eigenvalue weighted by molar-refractivity contribution is -0.138. The van der Waals surface area contributed by atoms with Gasteiger partial charge >= 0.3 is 0 Å². The third-order valence-electron chi connectivity index (χ3n) is 5.64. The van der Waals surface area contributed by atoms with E-state index in [0.717, 1.165) is 44.2 Å². The number of nitrogens with zero attached hydrogens (tertiary/aromatic N) is 4. The molecule has 152 valence electrons. The molecule has 1 aromatic heterocycles. The SMILES string of the molecule is CCN(C(=O)[C@H](C)N1CCN(Cc2cc(C)no2)CC1)[C@H]1CCS(=O)(=O)C1. The predicted molar refractivity (Wildman–Crippen MR) is 102 cm³/mol. The molecule has 27 heavy (non-hydrogen) atoms. The van der Waals surface area contributed by atoms with Crippen molar-refractivity contribution < 1.29 is 17.7 Å². The average Bonchev–Trinajstić information content (AvgIpc) is 3.20. The van der Waals surface area contributed by atoms with Crippen molar-refractivity contribution in [2.75, 3.05) is 44.2 Å². The summed E-state index contributed by atoms with van der Waals surface area (Å²) in [5.74, 6) is 1.20. The molecule has 2 atom stereocenters. The van der Waals surface area contributed by atoms with Crippen LogP contribution in [0, 0.1) is 6.92 Å². The van der Waals surface area contributed by atoms with Gasteiger partial charge in [-0.15, -0.1) is 0 Å². The molecule has 0 bridgehead atoms. The third-order valence-corrected chi connectivity index (χ3v) is 7.39. The van der Waals surface area contributed by atoms with E-state index in [4.69, 9.17) is 4.52 Å². The van der Waals surface area contributed by atoms with Crippen molar-refractivity contribution in [1.82, 2.24) is 19.9 Å². The first-order chi connectivity index (χ1) is 12.8. The van der Waals surface area contributed by atoms with E-state index in [2.05, 4.69) is 15.0 Å². The van der Waals surface area contributed by atoms with Gasteiger partial charge in [0.15, 0.2) is 15.6 Å². The summed E-state index contributed by atoms with van der Waals surface area (Å²) < 4.78 is 28.8. The Morgan fingerprint density at radius 2 is 2.07 bits per heavy atom. The summed E-state index contributed by atoms with van der Waals surface area (Å²) in [7, 11) is -3.00. The van der Waals surface area contributed by atoms with E-state index >= 15 is 0 Å². The van der Waals surface area contributed by atoms with Crippen molar-refractivity contribution in [3.63, 3.8) is 0 Å². The van der Waals surface area contributed by atoms with Crippen LogP contribution in [0.5, 0.6) is 0 Å². The molecule has 3 heterocycles. The highest BCUT2D eigenvalue weighted by Gasteiger charge is 2.37. The standard InChI is InChI=1S/C18H30N4O4S/c1-4-22(16-5-10-27(24,25)13-16)18(23)15(3)21-8-6-20(7-9-21)12-17-11-14(2)19-26-17/h11,15-16H,4-10,12-13H2,1-3H3/t15-,16-/m0/s1. The van der Waals surface area contributed by atoms with Gasteiger partial charge < -0.3 is 9.42 Å². The van der Waals surface area contributed by atoms with Gasteiger partial charge in [0.1, 0.15) is 0 Å². The molecular weight excluding hydrogens is 368 g/mol. The van der Waals surface area contributed by atoms with Gasteiger partial charge in [0.25, 0.3) is 0 Å². The third kappa shape index (κ3) is 4.89. The Balaban J connectivity index is 1.53. The van der Waals surface area contributed by atoms with Crippen molar-refractivity contribution >= 4 is 15.7 Å². The van der Waals surface area contributed by atoms with Crippen LogP contribution in [0.25, 0.3) is 0 Å². The second kappa shape index (κ2) is 8.28. The molecule has 0 saturated carbocycles. The fourth-order valence-corrected chi connectivity index (χ4v) is 5.76. The largest absolute Gasteiger partial charge is 0.360 e. The Morgan fingerprint density at radius 3 is 2.59 bits per heavy atom. The molecule has 0 unspecified atom stereocenters. The minimum absolute atomic E-state index is 0.0407. The molecule has 8 nitrogen and oxygen atoms in total. The van der Waals surface area contributed by atoms with Crippen LogP contribution in [0.1, 0.15) is 31.7 Å². The molecule has 0 N–H and O–H groups in total. The Labute approximate surface area is 161 Å². The number of carbonyl (C=O) groups is 1. The molecule has 2 aliphatic rings. The highest BCUT2D eigenvalue weighted by atomic mass is 32.2. The molecule has 0 spiro atoms. The molecule has 1 amide bonds. The highest BCUT2D eigenvalue weighted by Crippen LogP contribution is 2.20. The van der Waals surface area contributed by atoms with Crippen molar-refractivity contribution in [2.24, 2.45) is 0 Å². The molecule has 0 radical (unpaired) electrons. The van der Waals surface area contributed by atoms with Gasteiger partial charge in [-0.1, -0.05) is 5.16 Å². The maximum Gasteiger partial charge on any atom is 0.239 e. The zero-order valence-corrected chi connectivity index (χ0v) is 17.2. The van der Waals surface area contributed by atoms with E-state index in [0.29, 0.717) is 13.0 Å². The molecular formula is C18H30N4O4S. The summed E-state index contributed by atoms with van der Waals surface area (Å²) in [6.45, 7) is 10.4. The first-order valence-corrected chi connectivity index (χ1v) is 11.5. The van der Waals surface area contributed by atoms with E-state index in [1.54, 1.807) is 4.90 Å². The topological polar surface area (TPSA) is 87.0 Å². The minimum atomic E-state index is -3.00. The van der Waals surface area contributed by atoms with Gasteiger partial charge in [-0.3, -0.25) is 14.6 Å². The Kier molecular flexibility index (Phi) is 6.22. The minimum Gasteiger partial charge on any atom is -0.360 e. The van der Waals surface area contributed by atoms with E-state index in [9.17, 15) is 13.2 Å². The van der Waals surface area contributed by atoms with Gasteiger partial charge in [-0.2, -0.15) is 0 Å². The summed E-state index contributed by atoms with van der Waals surface area (Å²) in [4.78, 5) is 19.3. The Hall–Kier alpha value is -1.45. The summed E-state index contributed by atoms with van der Waals surface area (Å²) in [6.07, 6.45) is 0.555. The number of amides is 1. The van der Waals surface area contributed by atoms with Crippen LogP contribution in [0.2, 0.25) is 0 Å². The second-order valence-electron chi connectivity index (χ2n) is 7.60. The molecule has 0 aliphatic carbocycles. The summed E-state index contributed by atoms with van der Waals surface area (Å²) in [5.41, 5.74) is 0.886. The number of carbonyl (C=O) groups excluding carboxylic acids is 1. The molecule has 2 fully saturated rings. The number of hydrogen-bond donors (Lipinski definition) is 0. The summed E-state index contributed by atoms with van der Waals surface area (Å²) >= 11 is 0. The van der Waals surface area contributed by atoms with Crippen LogP contribution >= 0.6 is 0 Å². The number of aryl methyl sites for hydroxylation is 1. The van der Waals surface area contributed by atoms with Crippen LogP contribution in [0.3, 0.4) is 0 Å². The lowest BCUT2D eigenvalue weighted by Gasteiger charge is -2.39. The highest BCUT2D eigenvalue weighted by molar-refractivity contribution is 7.91. The fraction of sp³-hybridized carbons (Fsp3) is 0.778. The summed E-state index contributed by atoms with van der Waals surface area (Å²) in [5, 5.41) is 3.92.